The molecule has 1 unspecified atom stereocenters. The molecule has 2 saturated heterocycles. The molecule has 426 valence electrons. The first-order valence-corrected chi connectivity index (χ1v) is 33.8. The van der Waals surface area contributed by atoms with E-state index in [0.717, 1.165) is 42.6 Å². The minimum atomic E-state index is -1.86. The van der Waals surface area contributed by atoms with Gasteiger partial charge in [0.1, 0.15) is 24.0 Å². The first kappa shape index (κ1) is 64.3. The largest absolute Gasteiger partial charge is 0.490 e. The summed E-state index contributed by atoms with van der Waals surface area (Å²) < 4.78 is 46.2. The number of nitrogens with zero attached hydrogens (tertiary/aromatic N) is 7. The SMILES string of the molecule is CC(C)(C)OC(=O)N1CC=C(B2OC(C)(C)C(C)(C)O2)CC1.CC(C)(C)[Si](C)(C)OCc1nnc(-c2cnc(C3=CCCCC3)c(Cl)c2)o1.CC(C)(C)[Si](C)(C)OCc1nnc(-c2cnc(Cl)c(Cl)c2)o1.CC1CCCO1. The number of aromatic nitrogens is 6. The zero-order chi connectivity index (χ0) is 57.4. The Morgan fingerprint density at radius 2 is 1.27 bits per heavy atom. The molecule has 77 heavy (non-hydrogen) atoms. The predicted molar refractivity (Wildman–Crippen MR) is 312 cm³/mol. The molecule has 0 aromatic carbocycles. The van der Waals surface area contributed by atoms with Crippen molar-refractivity contribution in [2.45, 2.75) is 214 Å². The monoisotopic (exact) mass is 1160 g/mol. The van der Waals surface area contributed by atoms with Gasteiger partial charge in [0, 0.05) is 32.1 Å². The van der Waals surface area contributed by atoms with Gasteiger partial charge in [0.25, 0.3) is 0 Å². The van der Waals surface area contributed by atoms with Crippen LogP contribution in [0.2, 0.25) is 51.5 Å². The van der Waals surface area contributed by atoms with Crippen molar-refractivity contribution in [1.82, 2.24) is 35.3 Å². The van der Waals surface area contributed by atoms with E-state index in [0.29, 0.717) is 71.6 Å². The summed E-state index contributed by atoms with van der Waals surface area (Å²) in [6.45, 7) is 40.6. The molecule has 4 aromatic heterocycles. The number of rotatable bonds is 10. The molecule has 4 aromatic rings. The van der Waals surface area contributed by atoms with Crippen LogP contribution in [-0.2, 0) is 40.8 Å². The highest BCUT2D eigenvalue weighted by atomic mass is 35.5. The topological polar surface area (TPSA) is 179 Å². The van der Waals surface area contributed by atoms with Gasteiger partial charge in [0.05, 0.1) is 44.2 Å². The molecule has 1 atom stereocenters. The fourth-order valence-corrected chi connectivity index (χ4v) is 9.67. The fraction of sp³-hybridized carbons (Fsp3) is 0.655. The van der Waals surface area contributed by atoms with E-state index in [4.69, 9.17) is 71.3 Å². The number of ether oxygens (including phenoxy) is 2. The Kier molecular flexibility index (Phi) is 22.0. The lowest BCUT2D eigenvalue weighted by Crippen LogP contribution is -2.41. The van der Waals surface area contributed by atoms with E-state index in [1.807, 2.05) is 60.6 Å². The van der Waals surface area contributed by atoms with Crippen LogP contribution in [0.3, 0.4) is 0 Å². The fourth-order valence-electron chi connectivity index (χ4n) is 7.28. The molecule has 0 spiro atoms. The zero-order valence-electron chi connectivity index (χ0n) is 49.0. The van der Waals surface area contributed by atoms with Crippen LogP contribution < -0.4 is 0 Å². The molecule has 3 aliphatic heterocycles. The van der Waals surface area contributed by atoms with Crippen LogP contribution in [0, 0.1) is 0 Å². The molecule has 8 rings (SSSR count). The van der Waals surface area contributed by atoms with Crippen LogP contribution in [0.4, 0.5) is 4.79 Å². The van der Waals surface area contributed by atoms with E-state index in [2.05, 4.69) is 111 Å². The highest BCUT2D eigenvalue weighted by molar-refractivity contribution is 6.74. The lowest BCUT2D eigenvalue weighted by molar-refractivity contribution is 0.00578. The molecule has 0 radical (unpaired) electrons. The molecule has 22 heteroatoms. The number of pyridine rings is 2. The van der Waals surface area contributed by atoms with Gasteiger partial charge in [-0.1, -0.05) is 88.5 Å². The highest BCUT2D eigenvalue weighted by Crippen LogP contribution is 2.41. The molecule has 4 aliphatic rings. The number of allylic oxidation sites excluding steroid dienone is 2. The number of hydrogen-bond acceptors (Lipinski definition) is 15. The molecule has 16 nitrogen and oxygen atoms in total. The number of hydrogen-bond donors (Lipinski definition) is 0. The van der Waals surface area contributed by atoms with E-state index in [-0.39, 0.29) is 39.6 Å². The Hall–Kier alpha value is -3.50. The maximum atomic E-state index is 12.1. The highest BCUT2D eigenvalue weighted by Gasteiger charge is 2.52. The van der Waals surface area contributed by atoms with Gasteiger partial charge in [-0.25, -0.2) is 9.78 Å². The zero-order valence-corrected chi connectivity index (χ0v) is 53.3. The summed E-state index contributed by atoms with van der Waals surface area (Å²) in [5.74, 6) is 1.68. The molecule has 1 aliphatic carbocycles. The van der Waals surface area contributed by atoms with Crippen LogP contribution in [0.15, 0.2) is 51.0 Å². The van der Waals surface area contributed by atoms with Crippen molar-refractivity contribution in [3.05, 3.63) is 74.8 Å². The second kappa shape index (κ2) is 26.4. The standard InChI is InChI=1S/C20H28ClN3O2Si.C16H28BNO4.C14H19Cl2N3O2Si.C5H10O/c1-20(2,3)27(4,5)25-13-17-23-24-19(26-17)15-11-16(21)18(22-12-15)14-9-7-6-8-10-14;1-14(2,3)20-13(19)18-10-8-12(9-11-18)17-21-15(4,5)16(6,7)22-17;1-14(2,3)22(4,5)20-8-11-18-19-13(21-11)9-6-10(15)12(16)17-7-9;1-5-3-2-4-6-5/h9,11-12H,6-8,10,13H2,1-5H3;8H,9-11H2,1-7H3;6-7H,8H2,1-5H3;5H,2-4H2,1H3. The first-order valence-electron chi connectivity index (χ1n) is 26.8. The Morgan fingerprint density at radius 1 is 0.740 bits per heavy atom. The summed E-state index contributed by atoms with van der Waals surface area (Å²) in [4.78, 5) is 22.3. The van der Waals surface area contributed by atoms with E-state index in [1.54, 1.807) is 23.4 Å². The Balaban J connectivity index is 0.000000203. The van der Waals surface area contributed by atoms with Gasteiger partial charge < -0.3 is 41.4 Å². The number of carbonyl (C=O) groups excluding carboxylic acids is 1. The molecule has 0 saturated carbocycles. The van der Waals surface area contributed by atoms with E-state index in [1.165, 1.54) is 31.3 Å². The Morgan fingerprint density at radius 3 is 1.68 bits per heavy atom. The Labute approximate surface area is 475 Å². The van der Waals surface area contributed by atoms with Gasteiger partial charge in [-0.05, 0) is 160 Å². The van der Waals surface area contributed by atoms with Crippen LogP contribution in [0.25, 0.3) is 28.5 Å². The third kappa shape index (κ3) is 18.5. The minimum absolute atomic E-state index is 0.128. The third-order valence-corrected chi connectivity index (χ3v) is 24.9. The van der Waals surface area contributed by atoms with Gasteiger partial charge in [-0.3, -0.25) is 4.98 Å². The summed E-state index contributed by atoms with van der Waals surface area (Å²) in [6, 6.07) is 3.49. The van der Waals surface area contributed by atoms with Crippen molar-refractivity contribution >= 4 is 70.2 Å². The number of halogens is 3. The molecule has 7 heterocycles. The van der Waals surface area contributed by atoms with Gasteiger partial charge >= 0.3 is 13.2 Å². The van der Waals surface area contributed by atoms with Crippen LogP contribution in [0.5, 0.6) is 0 Å². The van der Waals surface area contributed by atoms with Crippen LogP contribution in [-0.4, -0.2) is 108 Å². The lowest BCUT2D eigenvalue weighted by Gasteiger charge is -2.35. The quantitative estimate of drug-likeness (QED) is 0.108. The van der Waals surface area contributed by atoms with Crippen molar-refractivity contribution in [2.24, 2.45) is 0 Å². The van der Waals surface area contributed by atoms with Crippen molar-refractivity contribution in [3.8, 4) is 22.9 Å². The summed E-state index contributed by atoms with van der Waals surface area (Å²) >= 11 is 18.2. The molecular weight excluding hydrogens is 1080 g/mol. The van der Waals surface area contributed by atoms with Gasteiger partial charge in [-0.2, -0.15) is 0 Å². The smallest absolute Gasteiger partial charge is 0.444 e. The second-order valence-corrected chi connectivity index (χ2v) is 35.8. The molecule has 2 fully saturated rings. The predicted octanol–water partition coefficient (Wildman–Crippen LogP) is 15.6. The van der Waals surface area contributed by atoms with E-state index >= 15 is 0 Å². The average Bonchev–Trinajstić information content (AvgIpc) is 4.17. The van der Waals surface area contributed by atoms with Crippen LogP contribution in [0.1, 0.15) is 159 Å². The molecular formula is C55H85BCl3N7O9Si2. The van der Waals surface area contributed by atoms with Gasteiger partial charge in [-0.15, -0.1) is 20.4 Å². The van der Waals surface area contributed by atoms with E-state index < -0.39 is 22.2 Å². The number of carbonyl (C=O) groups is 1. The van der Waals surface area contributed by atoms with Crippen molar-refractivity contribution < 1.29 is 41.3 Å². The summed E-state index contributed by atoms with van der Waals surface area (Å²) in [5, 5.41) is 17.7. The lowest BCUT2D eigenvalue weighted by atomic mass is 9.75. The van der Waals surface area contributed by atoms with Gasteiger partial charge in [0.15, 0.2) is 16.6 Å². The average molecular weight is 1160 g/mol. The maximum Gasteiger partial charge on any atom is 0.490 e. The van der Waals surface area contributed by atoms with E-state index in [9.17, 15) is 4.79 Å². The third-order valence-electron chi connectivity index (χ3n) is 15.0. The maximum absolute atomic E-state index is 12.1. The van der Waals surface area contributed by atoms with Gasteiger partial charge in [0.2, 0.25) is 23.6 Å². The normalized spacial score (nSPS) is 18.7. The second-order valence-electron chi connectivity index (χ2n) is 25.0. The summed E-state index contributed by atoms with van der Waals surface area (Å²) in [7, 11) is -4.03. The van der Waals surface area contributed by atoms with Crippen LogP contribution >= 0.6 is 34.8 Å². The molecule has 1 amide bonds. The summed E-state index contributed by atoms with van der Waals surface area (Å²) in [5.41, 5.74) is 3.42. The number of amides is 1. The molecule has 0 N–H and O–H groups in total. The Bertz CT molecular complexity index is 2640. The minimum Gasteiger partial charge on any atom is -0.444 e. The van der Waals surface area contributed by atoms with Crippen molar-refractivity contribution in [1.29, 1.82) is 0 Å². The first-order chi connectivity index (χ1) is 35.6. The van der Waals surface area contributed by atoms with Crippen molar-refractivity contribution in [2.75, 3.05) is 19.7 Å². The summed E-state index contributed by atoms with van der Waals surface area (Å²) in [6.07, 6.45) is 15.7. The molecule has 0 bridgehead atoms. The van der Waals surface area contributed by atoms with Crippen molar-refractivity contribution in [3.63, 3.8) is 0 Å².